The van der Waals surface area contributed by atoms with Gasteiger partial charge in [0.2, 0.25) is 0 Å². The molecule has 1 aliphatic heterocycles. The summed E-state index contributed by atoms with van der Waals surface area (Å²) in [6.45, 7) is 2.04. The first kappa shape index (κ1) is 11.4. The lowest BCUT2D eigenvalue weighted by atomic mass is 9.83. The number of hydrogen-bond acceptors (Lipinski definition) is 2. The van der Waals surface area contributed by atoms with Crippen molar-refractivity contribution in [2.75, 3.05) is 13.2 Å². The molecule has 0 spiro atoms. The highest BCUT2D eigenvalue weighted by molar-refractivity contribution is 4.74. The molecule has 2 heteroatoms. The molecule has 0 bridgehead atoms. The normalized spacial score (nSPS) is 31.6. The molecule has 2 aliphatic rings. The van der Waals surface area contributed by atoms with E-state index < -0.39 is 0 Å². The minimum atomic E-state index is 0.796. The average molecular weight is 211 g/mol. The lowest BCUT2D eigenvalue weighted by Crippen LogP contribution is -2.20. The van der Waals surface area contributed by atoms with E-state index in [1.54, 1.807) is 0 Å². The van der Waals surface area contributed by atoms with Gasteiger partial charge in [0, 0.05) is 12.5 Å². The zero-order valence-electron chi connectivity index (χ0n) is 9.84. The van der Waals surface area contributed by atoms with E-state index in [1.807, 2.05) is 0 Å². The van der Waals surface area contributed by atoms with Gasteiger partial charge in [-0.3, -0.25) is 0 Å². The lowest BCUT2D eigenvalue weighted by Gasteiger charge is -2.22. The SMILES string of the molecule is C1CCCCC(C2CNOC2)CCCC1. The minimum Gasteiger partial charge on any atom is -0.301 e. The van der Waals surface area contributed by atoms with Gasteiger partial charge in [-0.1, -0.05) is 57.8 Å². The largest absolute Gasteiger partial charge is 0.301 e. The van der Waals surface area contributed by atoms with Crippen LogP contribution in [-0.2, 0) is 4.84 Å². The van der Waals surface area contributed by atoms with Gasteiger partial charge in [0.15, 0.2) is 0 Å². The molecule has 1 saturated heterocycles. The Morgan fingerprint density at radius 1 is 0.733 bits per heavy atom. The maximum Gasteiger partial charge on any atom is 0.0726 e. The third-order valence-corrected chi connectivity index (χ3v) is 4.06. The van der Waals surface area contributed by atoms with Gasteiger partial charge in [0.1, 0.15) is 0 Å². The molecule has 1 heterocycles. The first-order valence-corrected chi connectivity index (χ1v) is 6.81. The fourth-order valence-electron chi connectivity index (χ4n) is 3.01. The van der Waals surface area contributed by atoms with Gasteiger partial charge >= 0.3 is 0 Å². The quantitative estimate of drug-likeness (QED) is 0.718. The Kier molecular flexibility index (Phi) is 4.94. The third-order valence-electron chi connectivity index (χ3n) is 4.06. The van der Waals surface area contributed by atoms with Gasteiger partial charge in [0.25, 0.3) is 0 Å². The molecule has 1 atom stereocenters. The van der Waals surface area contributed by atoms with Crippen LogP contribution in [0, 0.1) is 11.8 Å². The van der Waals surface area contributed by atoms with Crippen LogP contribution in [-0.4, -0.2) is 13.2 Å². The Bertz CT molecular complexity index is 156. The molecule has 2 nitrogen and oxygen atoms in total. The van der Waals surface area contributed by atoms with Crippen LogP contribution in [0.3, 0.4) is 0 Å². The predicted octanol–water partition coefficient (Wildman–Crippen LogP) is 3.28. The van der Waals surface area contributed by atoms with Crippen molar-refractivity contribution in [2.45, 2.75) is 57.8 Å². The highest BCUT2D eigenvalue weighted by Crippen LogP contribution is 2.28. The predicted molar refractivity (Wildman–Crippen MR) is 62.5 cm³/mol. The number of hydrogen-bond donors (Lipinski definition) is 1. The molecule has 0 amide bonds. The van der Waals surface area contributed by atoms with Crippen LogP contribution in [0.2, 0.25) is 0 Å². The van der Waals surface area contributed by atoms with E-state index in [-0.39, 0.29) is 0 Å². The van der Waals surface area contributed by atoms with Crippen LogP contribution in [0.4, 0.5) is 0 Å². The third kappa shape index (κ3) is 3.76. The molecule has 0 aromatic rings. The van der Waals surface area contributed by atoms with E-state index in [0.717, 1.165) is 25.0 Å². The summed E-state index contributed by atoms with van der Waals surface area (Å²) in [5.74, 6) is 1.72. The van der Waals surface area contributed by atoms with E-state index in [2.05, 4.69) is 5.48 Å². The molecule has 0 aromatic carbocycles. The molecular weight excluding hydrogens is 186 g/mol. The Morgan fingerprint density at radius 3 is 1.87 bits per heavy atom. The summed E-state index contributed by atoms with van der Waals surface area (Å²) in [4.78, 5) is 5.29. The minimum absolute atomic E-state index is 0.796. The molecule has 1 saturated carbocycles. The summed E-state index contributed by atoms with van der Waals surface area (Å²) in [5, 5.41) is 0. The van der Waals surface area contributed by atoms with Crippen LogP contribution in [0.15, 0.2) is 0 Å². The van der Waals surface area contributed by atoms with Crippen LogP contribution < -0.4 is 5.48 Å². The molecule has 15 heavy (non-hydrogen) atoms. The number of nitrogens with one attached hydrogen (secondary N) is 1. The molecule has 88 valence electrons. The monoisotopic (exact) mass is 211 g/mol. The standard InChI is InChI=1S/C13H25NO/c1-2-4-6-8-12(9-7-5-3-1)13-10-14-15-11-13/h12-14H,1-11H2. The summed E-state index contributed by atoms with van der Waals surface area (Å²) < 4.78 is 0. The molecule has 0 radical (unpaired) electrons. The average Bonchev–Trinajstić information content (AvgIpc) is 2.79. The number of hydroxylamine groups is 1. The van der Waals surface area contributed by atoms with E-state index in [1.165, 1.54) is 57.8 Å². The van der Waals surface area contributed by atoms with Crippen LogP contribution in [0.5, 0.6) is 0 Å². The highest BCUT2D eigenvalue weighted by Gasteiger charge is 2.25. The number of rotatable bonds is 1. The van der Waals surface area contributed by atoms with E-state index in [4.69, 9.17) is 4.84 Å². The fourth-order valence-corrected chi connectivity index (χ4v) is 3.01. The maximum atomic E-state index is 5.29. The van der Waals surface area contributed by atoms with Crippen molar-refractivity contribution in [1.29, 1.82) is 0 Å². The van der Waals surface area contributed by atoms with Gasteiger partial charge in [0.05, 0.1) is 6.61 Å². The van der Waals surface area contributed by atoms with E-state index in [9.17, 15) is 0 Å². The summed E-state index contributed by atoms with van der Waals surface area (Å²) >= 11 is 0. The van der Waals surface area contributed by atoms with Gasteiger partial charge in [-0.2, -0.15) is 0 Å². The summed E-state index contributed by atoms with van der Waals surface area (Å²) in [7, 11) is 0. The second-order valence-electron chi connectivity index (χ2n) is 5.23. The first-order chi connectivity index (χ1) is 7.47. The Morgan fingerprint density at radius 2 is 1.33 bits per heavy atom. The van der Waals surface area contributed by atoms with E-state index >= 15 is 0 Å². The highest BCUT2D eigenvalue weighted by atomic mass is 16.7. The maximum absolute atomic E-state index is 5.29. The molecule has 1 N–H and O–H groups in total. The van der Waals surface area contributed by atoms with Crippen molar-refractivity contribution >= 4 is 0 Å². The van der Waals surface area contributed by atoms with Crippen molar-refractivity contribution in [1.82, 2.24) is 5.48 Å². The van der Waals surface area contributed by atoms with Crippen molar-refractivity contribution in [3.63, 3.8) is 0 Å². The second kappa shape index (κ2) is 6.49. The van der Waals surface area contributed by atoms with Gasteiger partial charge in [-0.05, 0) is 5.92 Å². The molecular formula is C13H25NO. The smallest absolute Gasteiger partial charge is 0.0726 e. The lowest BCUT2D eigenvalue weighted by molar-refractivity contribution is 0.0908. The fraction of sp³-hybridized carbons (Fsp3) is 1.00. The summed E-state index contributed by atoms with van der Waals surface area (Å²) in [5.41, 5.74) is 3.03. The molecule has 1 aliphatic carbocycles. The Hall–Kier alpha value is -0.0800. The van der Waals surface area contributed by atoms with Crippen molar-refractivity contribution in [2.24, 2.45) is 11.8 Å². The summed E-state index contributed by atoms with van der Waals surface area (Å²) in [6.07, 6.45) is 13.1. The molecule has 1 unspecified atom stereocenters. The Balaban J connectivity index is 1.78. The van der Waals surface area contributed by atoms with Crippen LogP contribution in [0.1, 0.15) is 57.8 Å². The first-order valence-electron chi connectivity index (χ1n) is 6.81. The topological polar surface area (TPSA) is 21.3 Å². The van der Waals surface area contributed by atoms with Gasteiger partial charge in [-0.15, -0.1) is 0 Å². The second-order valence-corrected chi connectivity index (χ2v) is 5.23. The van der Waals surface area contributed by atoms with Crippen molar-refractivity contribution < 1.29 is 4.84 Å². The van der Waals surface area contributed by atoms with Crippen LogP contribution >= 0.6 is 0 Å². The molecule has 2 fully saturated rings. The molecule has 0 aromatic heterocycles. The molecule has 2 rings (SSSR count). The van der Waals surface area contributed by atoms with Gasteiger partial charge in [-0.25, -0.2) is 5.48 Å². The van der Waals surface area contributed by atoms with Crippen molar-refractivity contribution in [3.05, 3.63) is 0 Å². The van der Waals surface area contributed by atoms with E-state index in [0.29, 0.717) is 0 Å². The van der Waals surface area contributed by atoms with Gasteiger partial charge < -0.3 is 4.84 Å². The zero-order valence-corrected chi connectivity index (χ0v) is 9.84. The van der Waals surface area contributed by atoms with Crippen molar-refractivity contribution in [3.8, 4) is 0 Å². The summed E-state index contributed by atoms with van der Waals surface area (Å²) in [6, 6.07) is 0. The van der Waals surface area contributed by atoms with Crippen LogP contribution in [0.25, 0.3) is 0 Å². The zero-order chi connectivity index (χ0) is 10.3. The Labute approximate surface area is 93.7 Å².